The maximum atomic E-state index is 8.79. The average Bonchev–Trinajstić information content (AvgIpc) is 2.61. The summed E-state index contributed by atoms with van der Waals surface area (Å²) in [6, 6.07) is 5.61. The van der Waals surface area contributed by atoms with Gasteiger partial charge in [-0.3, -0.25) is 0 Å². The van der Waals surface area contributed by atoms with E-state index in [1.807, 2.05) is 11.4 Å². The zero-order valence-corrected chi connectivity index (χ0v) is 8.82. The van der Waals surface area contributed by atoms with Crippen molar-refractivity contribution in [3.63, 3.8) is 0 Å². The second-order valence-corrected chi connectivity index (χ2v) is 4.10. The summed E-state index contributed by atoms with van der Waals surface area (Å²) in [6.07, 6.45) is 0. The molecule has 0 bridgehead atoms. The van der Waals surface area contributed by atoms with Gasteiger partial charge in [0.05, 0.1) is 22.0 Å². The average molecular weight is 223 g/mol. The predicted octanol–water partition coefficient (Wildman–Crippen LogP) is 3.09. The summed E-state index contributed by atoms with van der Waals surface area (Å²) in [5, 5.41) is 11.8. The molecule has 0 spiro atoms. The van der Waals surface area contributed by atoms with E-state index in [1.165, 1.54) is 0 Å². The van der Waals surface area contributed by atoms with Crippen molar-refractivity contribution in [1.29, 1.82) is 5.26 Å². The molecular formula is C10H7ClN2S. The van der Waals surface area contributed by atoms with Gasteiger partial charge < -0.3 is 5.73 Å². The van der Waals surface area contributed by atoms with E-state index in [1.54, 1.807) is 17.4 Å². The molecule has 2 rings (SSSR count). The van der Waals surface area contributed by atoms with Gasteiger partial charge in [0.1, 0.15) is 0 Å². The van der Waals surface area contributed by atoms with Crippen molar-refractivity contribution in [3.8, 4) is 6.07 Å². The number of halogens is 1. The molecule has 2 aromatic rings. The normalized spacial score (nSPS) is 10.3. The molecule has 0 saturated carbocycles. The number of nitriles is 1. The molecule has 0 unspecified atom stereocenters. The molecule has 70 valence electrons. The third kappa shape index (κ3) is 1.33. The Morgan fingerprint density at radius 3 is 2.93 bits per heavy atom. The lowest BCUT2D eigenvalue weighted by Gasteiger charge is -1.98. The molecule has 1 heterocycles. The van der Waals surface area contributed by atoms with Gasteiger partial charge >= 0.3 is 0 Å². The van der Waals surface area contributed by atoms with Gasteiger partial charge in [-0.15, -0.1) is 22.9 Å². The highest BCUT2D eigenvalue weighted by Gasteiger charge is 2.07. The molecule has 0 atom stereocenters. The van der Waals surface area contributed by atoms with Crippen LogP contribution < -0.4 is 5.73 Å². The number of thiophene rings is 1. The van der Waals surface area contributed by atoms with Gasteiger partial charge in [0.15, 0.2) is 0 Å². The highest BCUT2D eigenvalue weighted by Crippen LogP contribution is 2.32. The Kier molecular flexibility index (Phi) is 2.32. The van der Waals surface area contributed by atoms with Crippen LogP contribution in [0.2, 0.25) is 0 Å². The topological polar surface area (TPSA) is 49.8 Å². The van der Waals surface area contributed by atoms with E-state index in [0.29, 0.717) is 17.1 Å². The Morgan fingerprint density at radius 2 is 2.29 bits per heavy atom. The number of nitrogen functional groups attached to an aromatic ring is 1. The first-order valence-electron chi connectivity index (χ1n) is 4.02. The molecule has 0 fully saturated rings. The maximum absolute atomic E-state index is 8.79. The monoisotopic (exact) mass is 222 g/mol. The summed E-state index contributed by atoms with van der Waals surface area (Å²) >= 11 is 7.34. The van der Waals surface area contributed by atoms with E-state index in [2.05, 4.69) is 6.07 Å². The Bertz CT molecular complexity index is 525. The molecule has 0 aliphatic rings. The lowest BCUT2D eigenvalue weighted by atomic mass is 10.1. The largest absolute Gasteiger partial charge is 0.398 e. The Labute approximate surface area is 90.5 Å². The van der Waals surface area contributed by atoms with Crippen molar-refractivity contribution in [2.75, 3.05) is 5.73 Å². The summed E-state index contributed by atoms with van der Waals surface area (Å²) in [5.74, 6) is 0.453. The molecular weight excluding hydrogens is 216 g/mol. The number of alkyl halides is 1. The van der Waals surface area contributed by atoms with Gasteiger partial charge in [0.2, 0.25) is 0 Å². The van der Waals surface area contributed by atoms with E-state index in [9.17, 15) is 0 Å². The molecule has 2 nitrogen and oxygen atoms in total. The Morgan fingerprint density at radius 1 is 1.50 bits per heavy atom. The van der Waals surface area contributed by atoms with Crippen LogP contribution in [0.5, 0.6) is 0 Å². The van der Waals surface area contributed by atoms with Crippen LogP contribution in [0.3, 0.4) is 0 Å². The second kappa shape index (κ2) is 3.49. The predicted molar refractivity (Wildman–Crippen MR) is 60.5 cm³/mol. The maximum Gasteiger partial charge on any atom is 0.0992 e. The van der Waals surface area contributed by atoms with Crippen molar-refractivity contribution >= 4 is 38.7 Å². The number of hydrogen-bond donors (Lipinski definition) is 1. The molecule has 0 aliphatic heterocycles. The molecule has 1 aromatic carbocycles. The minimum absolute atomic E-state index is 0.453. The fourth-order valence-corrected chi connectivity index (χ4v) is 2.68. The van der Waals surface area contributed by atoms with Crippen LogP contribution in [0.1, 0.15) is 11.1 Å². The van der Waals surface area contributed by atoms with Crippen LogP contribution in [-0.2, 0) is 5.88 Å². The van der Waals surface area contributed by atoms with Crippen LogP contribution in [0.25, 0.3) is 10.1 Å². The first kappa shape index (κ1) is 9.32. The van der Waals surface area contributed by atoms with Gasteiger partial charge in [0, 0.05) is 11.3 Å². The summed E-state index contributed by atoms with van der Waals surface area (Å²) in [5.41, 5.74) is 8.09. The van der Waals surface area contributed by atoms with Crippen molar-refractivity contribution in [1.82, 2.24) is 0 Å². The number of benzene rings is 1. The lowest BCUT2D eigenvalue weighted by molar-refractivity contribution is 1.47. The van der Waals surface area contributed by atoms with Crippen molar-refractivity contribution in [2.45, 2.75) is 5.88 Å². The van der Waals surface area contributed by atoms with Gasteiger partial charge in [-0.2, -0.15) is 5.26 Å². The summed E-state index contributed by atoms with van der Waals surface area (Å²) in [7, 11) is 0. The number of nitrogens with zero attached hydrogens (tertiary/aromatic N) is 1. The first-order valence-corrected chi connectivity index (χ1v) is 5.43. The molecule has 0 amide bonds. The molecule has 14 heavy (non-hydrogen) atoms. The summed E-state index contributed by atoms with van der Waals surface area (Å²) < 4.78 is 1.01. The number of rotatable bonds is 1. The zero-order valence-electron chi connectivity index (χ0n) is 7.25. The van der Waals surface area contributed by atoms with Crippen LogP contribution in [0, 0.1) is 11.3 Å². The number of nitrogens with two attached hydrogens (primary N) is 1. The van der Waals surface area contributed by atoms with E-state index in [4.69, 9.17) is 22.6 Å². The number of fused-ring (bicyclic) bond motifs is 1. The fourth-order valence-electron chi connectivity index (χ4n) is 1.38. The molecule has 2 N–H and O–H groups in total. The lowest BCUT2D eigenvalue weighted by Crippen LogP contribution is -1.87. The van der Waals surface area contributed by atoms with Crippen LogP contribution >= 0.6 is 22.9 Å². The highest BCUT2D eigenvalue weighted by molar-refractivity contribution is 7.18. The number of hydrogen-bond acceptors (Lipinski definition) is 3. The van der Waals surface area contributed by atoms with Crippen LogP contribution in [0.4, 0.5) is 5.69 Å². The quantitative estimate of drug-likeness (QED) is 0.596. The molecule has 0 aliphatic carbocycles. The van der Waals surface area contributed by atoms with Gasteiger partial charge in [-0.05, 0) is 23.1 Å². The fraction of sp³-hybridized carbons (Fsp3) is 0.100. The SMILES string of the molecule is N#Cc1cc(N)c2scc(CCl)c2c1. The highest BCUT2D eigenvalue weighted by atomic mass is 35.5. The molecule has 0 saturated heterocycles. The molecule has 1 aromatic heterocycles. The smallest absolute Gasteiger partial charge is 0.0992 e. The Balaban J connectivity index is 2.82. The minimum Gasteiger partial charge on any atom is -0.398 e. The van der Waals surface area contributed by atoms with Crippen molar-refractivity contribution in [3.05, 3.63) is 28.6 Å². The van der Waals surface area contributed by atoms with E-state index in [-0.39, 0.29) is 0 Å². The zero-order chi connectivity index (χ0) is 10.1. The molecule has 0 radical (unpaired) electrons. The minimum atomic E-state index is 0.453. The third-order valence-electron chi connectivity index (χ3n) is 2.06. The first-order chi connectivity index (χ1) is 6.76. The number of anilines is 1. The second-order valence-electron chi connectivity index (χ2n) is 2.95. The van der Waals surface area contributed by atoms with Gasteiger partial charge in [-0.25, -0.2) is 0 Å². The summed E-state index contributed by atoms with van der Waals surface area (Å²) in [4.78, 5) is 0. The van der Waals surface area contributed by atoms with E-state index >= 15 is 0 Å². The van der Waals surface area contributed by atoms with Crippen LogP contribution in [-0.4, -0.2) is 0 Å². The van der Waals surface area contributed by atoms with E-state index in [0.717, 1.165) is 15.6 Å². The van der Waals surface area contributed by atoms with Crippen LogP contribution in [0.15, 0.2) is 17.5 Å². The van der Waals surface area contributed by atoms with E-state index < -0.39 is 0 Å². The summed E-state index contributed by atoms with van der Waals surface area (Å²) in [6.45, 7) is 0. The third-order valence-corrected chi connectivity index (χ3v) is 3.44. The van der Waals surface area contributed by atoms with Crippen molar-refractivity contribution < 1.29 is 0 Å². The Hall–Kier alpha value is -1.24. The van der Waals surface area contributed by atoms with Gasteiger partial charge in [0.25, 0.3) is 0 Å². The molecule has 4 heteroatoms. The van der Waals surface area contributed by atoms with Crippen molar-refractivity contribution in [2.24, 2.45) is 0 Å². The standard InChI is InChI=1S/C10H7ClN2S/c11-3-7-5-14-10-8(7)1-6(4-12)2-9(10)13/h1-2,5H,3,13H2. The van der Waals surface area contributed by atoms with Gasteiger partial charge in [-0.1, -0.05) is 0 Å².